The van der Waals surface area contributed by atoms with Crippen LogP contribution in [0.3, 0.4) is 0 Å². The summed E-state index contributed by atoms with van der Waals surface area (Å²) in [5.74, 6) is -0.918. The summed E-state index contributed by atoms with van der Waals surface area (Å²) in [5.41, 5.74) is 3.07. The quantitative estimate of drug-likeness (QED) is 0.824. The van der Waals surface area contributed by atoms with Crippen molar-refractivity contribution in [2.45, 2.75) is 51.2 Å². The molecule has 0 saturated carbocycles. The van der Waals surface area contributed by atoms with Crippen LogP contribution in [0.25, 0.3) is 0 Å². The Hall–Kier alpha value is -2.66. The van der Waals surface area contributed by atoms with Crippen molar-refractivity contribution in [2.75, 3.05) is 12.0 Å². The highest BCUT2D eigenvalue weighted by Gasteiger charge is 2.38. The molecule has 28 heavy (non-hydrogen) atoms. The average molecular weight is 381 g/mol. The van der Waals surface area contributed by atoms with Gasteiger partial charge < -0.3 is 14.7 Å². The summed E-state index contributed by atoms with van der Waals surface area (Å²) in [6.07, 6.45) is 0.716. The molecular formula is C23H27NO4. The molecule has 2 aromatic carbocycles. The van der Waals surface area contributed by atoms with E-state index in [4.69, 9.17) is 4.74 Å². The number of carboxylic acids is 1. The number of nitrogens with zero attached hydrogens (tertiary/aromatic N) is 1. The van der Waals surface area contributed by atoms with Crippen LogP contribution in [0.1, 0.15) is 61.2 Å². The Labute approximate surface area is 165 Å². The van der Waals surface area contributed by atoms with Crippen LogP contribution < -0.4 is 4.90 Å². The van der Waals surface area contributed by atoms with Crippen LogP contribution >= 0.6 is 0 Å². The van der Waals surface area contributed by atoms with Gasteiger partial charge in [-0.05, 0) is 47.2 Å². The number of hydrogen-bond donors (Lipinski definition) is 1. The predicted molar refractivity (Wildman–Crippen MR) is 109 cm³/mol. The van der Waals surface area contributed by atoms with Gasteiger partial charge in [-0.3, -0.25) is 4.79 Å². The molecule has 2 aromatic rings. The van der Waals surface area contributed by atoms with Crippen molar-refractivity contribution in [1.82, 2.24) is 0 Å². The van der Waals surface area contributed by atoms with Crippen LogP contribution in [-0.4, -0.2) is 30.1 Å². The molecule has 0 aromatic heterocycles. The topological polar surface area (TPSA) is 66.8 Å². The van der Waals surface area contributed by atoms with E-state index in [0.717, 1.165) is 11.3 Å². The molecule has 0 aliphatic carbocycles. The summed E-state index contributed by atoms with van der Waals surface area (Å²) in [6.45, 7) is 6.46. The van der Waals surface area contributed by atoms with Crippen molar-refractivity contribution in [3.05, 3.63) is 65.2 Å². The zero-order valence-electron chi connectivity index (χ0n) is 16.8. The normalized spacial score (nSPS) is 18.4. The number of anilines is 1. The third-order valence-corrected chi connectivity index (χ3v) is 5.33. The first-order valence-electron chi connectivity index (χ1n) is 9.51. The minimum Gasteiger partial charge on any atom is -0.478 e. The fourth-order valence-electron chi connectivity index (χ4n) is 3.81. The highest BCUT2D eigenvalue weighted by molar-refractivity contribution is 5.96. The van der Waals surface area contributed by atoms with Crippen molar-refractivity contribution in [3.8, 4) is 0 Å². The minimum atomic E-state index is -0.978. The Morgan fingerprint density at radius 3 is 2.43 bits per heavy atom. The molecule has 1 aliphatic heterocycles. The average Bonchev–Trinajstić information content (AvgIpc) is 3.03. The Bertz CT molecular complexity index is 867. The van der Waals surface area contributed by atoms with Crippen LogP contribution in [-0.2, 0) is 14.9 Å². The number of aromatic carboxylic acids is 1. The third kappa shape index (κ3) is 3.94. The van der Waals surface area contributed by atoms with Gasteiger partial charge in [0.05, 0.1) is 11.6 Å². The van der Waals surface area contributed by atoms with Crippen LogP contribution in [0, 0.1) is 0 Å². The van der Waals surface area contributed by atoms with Gasteiger partial charge in [0, 0.05) is 19.2 Å². The predicted octanol–water partition coefficient (Wildman–Crippen LogP) is 4.57. The second-order valence-electron chi connectivity index (χ2n) is 8.25. The van der Waals surface area contributed by atoms with E-state index in [0.29, 0.717) is 12.8 Å². The number of benzene rings is 2. The first-order valence-corrected chi connectivity index (χ1v) is 9.51. The maximum Gasteiger partial charge on any atom is 0.335 e. The van der Waals surface area contributed by atoms with Crippen molar-refractivity contribution in [1.29, 1.82) is 0 Å². The van der Waals surface area contributed by atoms with Crippen molar-refractivity contribution in [2.24, 2.45) is 0 Å². The van der Waals surface area contributed by atoms with Gasteiger partial charge in [0.2, 0.25) is 5.91 Å². The Morgan fingerprint density at radius 2 is 1.86 bits per heavy atom. The number of carboxylic acid groups (broad SMARTS) is 1. The zero-order chi connectivity index (χ0) is 20.5. The molecule has 2 atom stereocenters. The van der Waals surface area contributed by atoms with E-state index in [1.54, 1.807) is 30.2 Å². The van der Waals surface area contributed by atoms with Gasteiger partial charge in [-0.25, -0.2) is 4.79 Å². The smallest absolute Gasteiger partial charge is 0.335 e. The Kier molecular flexibility index (Phi) is 5.57. The first-order chi connectivity index (χ1) is 13.2. The molecule has 0 radical (unpaired) electrons. The van der Waals surface area contributed by atoms with Gasteiger partial charge in [0.15, 0.2) is 0 Å². The summed E-state index contributed by atoms with van der Waals surface area (Å²) in [6, 6.07) is 14.7. The highest BCUT2D eigenvalue weighted by atomic mass is 16.5. The lowest BCUT2D eigenvalue weighted by Gasteiger charge is -2.32. The van der Waals surface area contributed by atoms with Crippen molar-refractivity contribution in [3.63, 3.8) is 0 Å². The number of amides is 1. The monoisotopic (exact) mass is 381 g/mol. The maximum absolute atomic E-state index is 12.7. The van der Waals surface area contributed by atoms with Crippen LogP contribution in [0.15, 0.2) is 48.5 Å². The van der Waals surface area contributed by atoms with Crippen LogP contribution in [0.2, 0.25) is 0 Å². The second kappa shape index (κ2) is 7.76. The molecule has 1 unspecified atom stereocenters. The number of rotatable bonds is 5. The fraction of sp³-hybridized carbons (Fsp3) is 0.391. The molecule has 5 nitrogen and oxygen atoms in total. The fourth-order valence-corrected chi connectivity index (χ4v) is 3.81. The summed E-state index contributed by atoms with van der Waals surface area (Å²) in [4.78, 5) is 25.8. The van der Waals surface area contributed by atoms with Crippen LogP contribution in [0.5, 0.6) is 0 Å². The molecule has 148 valence electrons. The van der Waals surface area contributed by atoms with E-state index in [1.807, 2.05) is 18.2 Å². The summed E-state index contributed by atoms with van der Waals surface area (Å²) in [7, 11) is 1.60. The number of carbonyl (C=O) groups excluding carboxylic acids is 1. The van der Waals surface area contributed by atoms with Gasteiger partial charge in [-0.1, -0.05) is 45.0 Å². The molecule has 1 amide bonds. The van der Waals surface area contributed by atoms with E-state index < -0.39 is 12.1 Å². The SMILES string of the molecule is CO[C@@H](c1cccc(C(=O)O)c1)C1CCC(=O)N1c1ccc(C(C)(C)C)cc1. The lowest BCUT2D eigenvalue weighted by molar-refractivity contribution is -0.117. The lowest BCUT2D eigenvalue weighted by atomic mass is 9.87. The van der Waals surface area contributed by atoms with E-state index in [-0.39, 0.29) is 22.9 Å². The maximum atomic E-state index is 12.7. The van der Waals surface area contributed by atoms with Gasteiger partial charge in [0.25, 0.3) is 0 Å². The van der Waals surface area contributed by atoms with Gasteiger partial charge in [0.1, 0.15) is 6.10 Å². The van der Waals surface area contributed by atoms with Gasteiger partial charge in [-0.2, -0.15) is 0 Å². The molecular weight excluding hydrogens is 354 g/mol. The molecule has 5 heteroatoms. The third-order valence-electron chi connectivity index (χ3n) is 5.33. The lowest BCUT2D eigenvalue weighted by Crippen LogP contribution is -2.38. The van der Waals surface area contributed by atoms with E-state index >= 15 is 0 Å². The largest absolute Gasteiger partial charge is 0.478 e. The number of hydrogen-bond acceptors (Lipinski definition) is 3. The standard InChI is InChI=1S/C23H27NO4/c1-23(2,3)17-8-10-18(11-9-17)24-19(12-13-20(24)25)21(28-4)15-6-5-7-16(14-15)22(26)27/h5-11,14,19,21H,12-13H2,1-4H3,(H,26,27)/t19?,21-/m0/s1. The molecule has 1 aliphatic rings. The molecule has 1 fully saturated rings. The number of methoxy groups -OCH3 is 1. The van der Waals surface area contributed by atoms with Gasteiger partial charge in [-0.15, -0.1) is 0 Å². The van der Waals surface area contributed by atoms with Gasteiger partial charge >= 0.3 is 5.97 Å². The number of carbonyl (C=O) groups is 2. The zero-order valence-corrected chi connectivity index (χ0v) is 16.8. The minimum absolute atomic E-state index is 0.0410. The molecule has 1 N–H and O–H groups in total. The van der Waals surface area contributed by atoms with E-state index in [9.17, 15) is 14.7 Å². The summed E-state index contributed by atoms with van der Waals surface area (Å²) < 4.78 is 5.75. The second-order valence-corrected chi connectivity index (χ2v) is 8.25. The molecule has 1 saturated heterocycles. The highest BCUT2D eigenvalue weighted by Crippen LogP contribution is 2.37. The van der Waals surface area contributed by atoms with E-state index in [1.165, 1.54) is 5.56 Å². The first kappa shape index (κ1) is 20.1. The molecule has 3 rings (SSSR count). The Balaban J connectivity index is 1.94. The summed E-state index contributed by atoms with van der Waals surface area (Å²) >= 11 is 0. The van der Waals surface area contributed by atoms with Crippen LogP contribution in [0.4, 0.5) is 5.69 Å². The Morgan fingerprint density at radius 1 is 1.18 bits per heavy atom. The van der Waals surface area contributed by atoms with E-state index in [2.05, 4.69) is 32.9 Å². The van der Waals surface area contributed by atoms with Crippen molar-refractivity contribution >= 4 is 17.6 Å². The molecule has 1 heterocycles. The van der Waals surface area contributed by atoms with Crippen molar-refractivity contribution < 1.29 is 19.4 Å². The summed E-state index contributed by atoms with van der Waals surface area (Å²) in [5, 5.41) is 9.29. The number of ether oxygens (including phenoxy) is 1. The molecule has 0 spiro atoms. The molecule has 0 bridgehead atoms.